The largest absolute Gasteiger partial charge is 0.480 e. The summed E-state index contributed by atoms with van der Waals surface area (Å²) in [6.45, 7) is 5.18. The standard InChI is InChI=1S/C16H21NO5/c1-15(2,3)22-13(18)12-9-10-16(14(19)20,17(12)21)11-7-5-4-6-8-11/h4-8,12,21H,9-10H2,1-3H3,(H,19,20). The highest BCUT2D eigenvalue weighted by atomic mass is 16.6. The number of hydrogen-bond acceptors (Lipinski definition) is 5. The van der Waals surface area contributed by atoms with E-state index < -0.39 is 29.1 Å². The number of esters is 1. The van der Waals surface area contributed by atoms with Gasteiger partial charge in [-0.25, -0.2) is 4.79 Å². The lowest BCUT2D eigenvalue weighted by molar-refractivity contribution is -0.211. The molecule has 0 bridgehead atoms. The predicted molar refractivity (Wildman–Crippen MR) is 78.2 cm³/mol. The van der Waals surface area contributed by atoms with E-state index in [2.05, 4.69) is 0 Å². The smallest absolute Gasteiger partial charge is 0.331 e. The Morgan fingerprint density at radius 3 is 2.36 bits per heavy atom. The Morgan fingerprint density at radius 2 is 1.86 bits per heavy atom. The molecule has 1 saturated heterocycles. The lowest BCUT2D eigenvalue weighted by atomic mass is 9.88. The van der Waals surface area contributed by atoms with Crippen LogP contribution >= 0.6 is 0 Å². The number of carboxylic acid groups (broad SMARTS) is 1. The van der Waals surface area contributed by atoms with Gasteiger partial charge >= 0.3 is 11.9 Å². The van der Waals surface area contributed by atoms with Gasteiger partial charge in [-0.1, -0.05) is 30.3 Å². The van der Waals surface area contributed by atoms with Crippen molar-refractivity contribution in [3.63, 3.8) is 0 Å². The second-order valence-corrected chi connectivity index (χ2v) is 6.46. The molecule has 0 saturated carbocycles. The Bertz CT molecular complexity index is 566. The Kier molecular flexibility index (Phi) is 4.26. The number of nitrogens with zero attached hydrogens (tertiary/aromatic N) is 1. The maximum absolute atomic E-state index is 12.2. The summed E-state index contributed by atoms with van der Waals surface area (Å²) in [7, 11) is 0. The van der Waals surface area contributed by atoms with Crippen molar-refractivity contribution in [2.45, 2.75) is 50.8 Å². The van der Waals surface area contributed by atoms with Crippen LogP contribution in [-0.2, 0) is 19.9 Å². The van der Waals surface area contributed by atoms with Gasteiger partial charge in [-0.05, 0) is 39.2 Å². The molecule has 0 spiro atoms. The van der Waals surface area contributed by atoms with Crippen LogP contribution in [0.3, 0.4) is 0 Å². The molecule has 2 unspecified atom stereocenters. The first kappa shape index (κ1) is 16.5. The van der Waals surface area contributed by atoms with Crippen molar-refractivity contribution in [3.8, 4) is 0 Å². The van der Waals surface area contributed by atoms with E-state index in [1.165, 1.54) is 0 Å². The van der Waals surface area contributed by atoms with Gasteiger partial charge in [0.05, 0.1) is 0 Å². The van der Waals surface area contributed by atoms with Crippen molar-refractivity contribution < 1.29 is 24.6 Å². The summed E-state index contributed by atoms with van der Waals surface area (Å²) in [6.07, 6.45) is 0.347. The molecule has 22 heavy (non-hydrogen) atoms. The van der Waals surface area contributed by atoms with E-state index in [1.807, 2.05) is 0 Å². The molecule has 2 rings (SSSR count). The average molecular weight is 307 g/mol. The van der Waals surface area contributed by atoms with E-state index >= 15 is 0 Å². The fourth-order valence-corrected chi connectivity index (χ4v) is 2.75. The Hall–Kier alpha value is -1.92. The van der Waals surface area contributed by atoms with Crippen LogP contribution in [0.1, 0.15) is 39.2 Å². The lowest BCUT2D eigenvalue weighted by Gasteiger charge is -2.33. The Labute approximate surface area is 129 Å². The number of ether oxygens (including phenoxy) is 1. The van der Waals surface area contributed by atoms with E-state index in [-0.39, 0.29) is 12.8 Å². The average Bonchev–Trinajstić information content (AvgIpc) is 2.76. The van der Waals surface area contributed by atoms with Crippen LogP contribution in [0.4, 0.5) is 0 Å². The molecule has 2 N–H and O–H groups in total. The van der Waals surface area contributed by atoms with Crippen LogP contribution < -0.4 is 0 Å². The van der Waals surface area contributed by atoms with Crippen LogP contribution in [0.5, 0.6) is 0 Å². The summed E-state index contributed by atoms with van der Waals surface area (Å²) < 4.78 is 5.27. The van der Waals surface area contributed by atoms with Gasteiger partial charge in [0.2, 0.25) is 0 Å². The zero-order chi connectivity index (χ0) is 16.5. The molecule has 0 aromatic heterocycles. The van der Waals surface area contributed by atoms with E-state index in [9.17, 15) is 19.9 Å². The molecule has 0 aliphatic carbocycles. The zero-order valence-electron chi connectivity index (χ0n) is 12.9. The van der Waals surface area contributed by atoms with Crippen LogP contribution in [0.2, 0.25) is 0 Å². The SMILES string of the molecule is CC(C)(C)OC(=O)C1CCC(C(=O)O)(c2ccccc2)N1O. The van der Waals surface area contributed by atoms with Crippen LogP contribution in [0.15, 0.2) is 30.3 Å². The quantitative estimate of drug-likeness (QED) is 0.832. The molecule has 0 amide bonds. The number of hydrogen-bond donors (Lipinski definition) is 2. The van der Waals surface area contributed by atoms with Gasteiger partial charge in [0.15, 0.2) is 5.54 Å². The summed E-state index contributed by atoms with van der Waals surface area (Å²) in [5.41, 5.74) is -1.88. The van der Waals surface area contributed by atoms with Crippen LogP contribution in [0.25, 0.3) is 0 Å². The minimum atomic E-state index is -1.62. The molecular formula is C16H21NO5. The first-order valence-corrected chi connectivity index (χ1v) is 7.18. The summed E-state index contributed by atoms with van der Waals surface area (Å²) in [5, 5.41) is 20.7. The van der Waals surface area contributed by atoms with Gasteiger partial charge in [0.1, 0.15) is 11.6 Å². The fourth-order valence-electron chi connectivity index (χ4n) is 2.75. The van der Waals surface area contributed by atoms with Gasteiger partial charge in [-0.15, -0.1) is 0 Å². The number of aliphatic carboxylic acids is 1. The molecular weight excluding hydrogens is 286 g/mol. The summed E-state index contributed by atoms with van der Waals surface area (Å²) in [5.74, 6) is -1.80. The second-order valence-electron chi connectivity index (χ2n) is 6.46. The maximum Gasteiger partial charge on any atom is 0.331 e. The van der Waals surface area contributed by atoms with Crippen molar-refractivity contribution in [1.82, 2.24) is 5.06 Å². The first-order valence-electron chi connectivity index (χ1n) is 7.18. The third-order valence-electron chi connectivity index (χ3n) is 3.75. The number of carbonyl (C=O) groups is 2. The minimum absolute atomic E-state index is 0.132. The molecule has 1 aliphatic heterocycles. The molecule has 6 heteroatoms. The van der Waals surface area contributed by atoms with Crippen molar-refractivity contribution >= 4 is 11.9 Å². The Morgan fingerprint density at radius 1 is 1.27 bits per heavy atom. The number of carbonyl (C=O) groups excluding carboxylic acids is 1. The number of rotatable bonds is 3. The molecule has 1 aromatic rings. The molecule has 6 nitrogen and oxygen atoms in total. The molecule has 1 heterocycles. The van der Waals surface area contributed by atoms with Crippen LogP contribution in [0, 0.1) is 0 Å². The van der Waals surface area contributed by atoms with Crippen molar-refractivity contribution in [3.05, 3.63) is 35.9 Å². The highest BCUT2D eigenvalue weighted by molar-refractivity contribution is 5.84. The molecule has 1 aromatic carbocycles. The van der Waals surface area contributed by atoms with Crippen molar-refractivity contribution in [2.24, 2.45) is 0 Å². The topological polar surface area (TPSA) is 87.1 Å². The van der Waals surface area contributed by atoms with Gasteiger partial charge in [-0.3, -0.25) is 4.79 Å². The Balaban J connectivity index is 2.33. The zero-order valence-corrected chi connectivity index (χ0v) is 12.9. The lowest BCUT2D eigenvalue weighted by Crippen LogP contribution is -2.51. The van der Waals surface area contributed by atoms with Crippen LogP contribution in [-0.4, -0.2) is 39.0 Å². The van der Waals surface area contributed by atoms with Gasteiger partial charge in [-0.2, -0.15) is 5.06 Å². The van der Waals surface area contributed by atoms with E-state index in [1.54, 1.807) is 51.1 Å². The van der Waals surface area contributed by atoms with Crippen molar-refractivity contribution in [2.75, 3.05) is 0 Å². The molecule has 120 valence electrons. The monoisotopic (exact) mass is 307 g/mol. The third kappa shape index (κ3) is 2.84. The third-order valence-corrected chi connectivity index (χ3v) is 3.75. The molecule has 0 radical (unpaired) electrons. The molecule has 1 fully saturated rings. The number of benzene rings is 1. The van der Waals surface area contributed by atoms with E-state index in [4.69, 9.17) is 4.74 Å². The van der Waals surface area contributed by atoms with Gasteiger partial charge in [0, 0.05) is 0 Å². The highest BCUT2D eigenvalue weighted by Gasteiger charge is 2.56. The highest BCUT2D eigenvalue weighted by Crippen LogP contribution is 2.41. The first-order chi connectivity index (χ1) is 10.2. The summed E-state index contributed by atoms with van der Waals surface area (Å²) >= 11 is 0. The molecule has 2 atom stereocenters. The minimum Gasteiger partial charge on any atom is -0.480 e. The summed E-state index contributed by atoms with van der Waals surface area (Å²) in [6, 6.07) is 7.45. The van der Waals surface area contributed by atoms with Gasteiger partial charge in [0.25, 0.3) is 0 Å². The van der Waals surface area contributed by atoms with E-state index in [0.29, 0.717) is 10.6 Å². The van der Waals surface area contributed by atoms with Gasteiger partial charge < -0.3 is 15.1 Å². The fraction of sp³-hybridized carbons (Fsp3) is 0.500. The molecule has 1 aliphatic rings. The number of hydroxylamine groups is 2. The summed E-state index contributed by atoms with van der Waals surface area (Å²) in [4.78, 5) is 24.0. The normalized spacial score (nSPS) is 25.9. The number of carboxylic acids is 1. The predicted octanol–water partition coefficient (Wildman–Crippen LogP) is 2.16. The van der Waals surface area contributed by atoms with E-state index in [0.717, 1.165) is 0 Å². The maximum atomic E-state index is 12.2. The second kappa shape index (κ2) is 5.70. The van der Waals surface area contributed by atoms with Crippen molar-refractivity contribution in [1.29, 1.82) is 0 Å².